The predicted molar refractivity (Wildman–Crippen MR) is 90.5 cm³/mol. The van der Waals surface area contributed by atoms with Crippen LogP contribution in [-0.4, -0.2) is 42.8 Å². The SMILES string of the molecule is CC(C)OC(=O)N1CCCC(CNC(=O)OCc2ccccc2)C1. The van der Waals surface area contributed by atoms with Gasteiger partial charge in [-0.25, -0.2) is 9.59 Å². The van der Waals surface area contributed by atoms with Crippen LogP contribution in [0, 0.1) is 5.92 Å². The number of nitrogens with one attached hydrogen (secondary N) is 1. The number of likely N-dealkylation sites (tertiary alicyclic amines) is 1. The lowest BCUT2D eigenvalue weighted by Crippen LogP contribution is -2.44. The molecule has 6 heteroatoms. The molecular weight excluding hydrogens is 308 g/mol. The highest BCUT2D eigenvalue weighted by Gasteiger charge is 2.25. The van der Waals surface area contributed by atoms with E-state index in [0.717, 1.165) is 18.4 Å². The third-order valence-corrected chi connectivity index (χ3v) is 3.86. The van der Waals surface area contributed by atoms with Crippen LogP contribution in [-0.2, 0) is 16.1 Å². The van der Waals surface area contributed by atoms with Crippen molar-refractivity contribution in [1.29, 1.82) is 0 Å². The number of amides is 2. The minimum atomic E-state index is -0.430. The number of nitrogens with zero attached hydrogens (tertiary/aromatic N) is 1. The molecule has 1 heterocycles. The van der Waals surface area contributed by atoms with Crippen molar-refractivity contribution in [2.45, 2.75) is 39.4 Å². The topological polar surface area (TPSA) is 67.9 Å². The first-order valence-corrected chi connectivity index (χ1v) is 8.44. The van der Waals surface area contributed by atoms with Gasteiger partial charge in [0.25, 0.3) is 0 Å². The Bertz CT molecular complexity index is 533. The van der Waals surface area contributed by atoms with Gasteiger partial charge in [-0.05, 0) is 38.2 Å². The molecule has 1 atom stereocenters. The molecule has 2 rings (SSSR count). The minimum absolute atomic E-state index is 0.121. The van der Waals surface area contributed by atoms with E-state index in [1.165, 1.54) is 0 Å². The first kappa shape index (κ1) is 18.1. The largest absolute Gasteiger partial charge is 0.447 e. The van der Waals surface area contributed by atoms with E-state index < -0.39 is 6.09 Å². The summed E-state index contributed by atoms with van der Waals surface area (Å²) in [6, 6.07) is 9.55. The monoisotopic (exact) mass is 334 g/mol. The number of alkyl carbamates (subject to hydrolysis) is 1. The summed E-state index contributed by atoms with van der Waals surface area (Å²) < 4.78 is 10.4. The molecule has 1 unspecified atom stereocenters. The van der Waals surface area contributed by atoms with E-state index in [0.29, 0.717) is 19.6 Å². The predicted octanol–water partition coefficient (Wildman–Crippen LogP) is 3.17. The Morgan fingerprint density at radius 1 is 1.29 bits per heavy atom. The zero-order valence-electron chi connectivity index (χ0n) is 14.4. The van der Waals surface area contributed by atoms with E-state index in [1.54, 1.807) is 4.90 Å². The molecule has 1 aromatic carbocycles. The molecular formula is C18H26N2O4. The van der Waals surface area contributed by atoms with Crippen LogP contribution in [0.25, 0.3) is 0 Å². The van der Waals surface area contributed by atoms with Crippen molar-refractivity contribution in [3.63, 3.8) is 0 Å². The molecule has 0 radical (unpaired) electrons. The van der Waals surface area contributed by atoms with E-state index in [1.807, 2.05) is 44.2 Å². The lowest BCUT2D eigenvalue weighted by Gasteiger charge is -2.32. The Kier molecular flexibility index (Phi) is 6.90. The summed E-state index contributed by atoms with van der Waals surface area (Å²) in [5.41, 5.74) is 0.952. The van der Waals surface area contributed by atoms with Gasteiger partial charge in [-0.1, -0.05) is 30.3 Å². The molecule has 0 bridgehead atoms. The number of carbonyl (C=O) groups excluding carboxylic acids is 2. The van der Waals surface area contributed by atoms with Gasteiger partial charge in [0.2, 0.25) is 0 Å². The maximum Gasteiger partial charge on any atom is 0.410 e. The number of hydrogen-bond acceptors (Lipinski definition) is 4. The van der Waals surface area contributed by atoms with Gasteiger partial charge in [-0.15, -0.1) is 0 Å². The average molecular weight is 334 g/mol. The fourth-order valence-electron chi connectivity index (χ4n) is 2.68. The fourth-order valence-corrected chi connectivity index (χ4v) is 2.68. The van der Waals surface area contributed by atoms with Gasteiger partial charge in [0.15, 0.2) is 0 Å². The second-order valence-corrected chi connectivity index (χ2v) is 6.33. The van der Waals surface area contributed by atoms with Crippen LogP contribution in [0.4, 0.5) is 9.59 Å². The van der Waals surface area contributed by atoms with E-state index in [-0.39, 0.29) is 24.7 Å². The second kappa shape index (κ2) is 9.15. The van der Waals surface area contributed by atoms with Gasteiger partial charge in [0, 0.05) is 19.6 Å². The summed E-state index contributed by atoms with van der Waals surface area (Å²) in [4.78, 5) is 25.4. The average Bonchev–Trinajstić information content (AvgIpc) is 2.59. The molecule has 1 aliphatic rings. The van der Waals surface area contributed by atoms with Crippen LogP contribution in [0.15, 0.2) is 30.3 Å². The highest BCUT2D eigenvalue weighted by atomic mass is 16.6. The third-order valence-electron chi connectivity index (χ3n) is 3.86. The molecule has 2 amide bonds. The fraction of sp³-hybridized carbons (Fsp3) is 0.556. The zero-order chi connectivity index (χ0) is 17.4. The zero-order valence-corrected chi connectivity index (χ0v) is 14.4. The van der Waals surface area contributed by atoms with Crippen molar-refractivity contribution < 1.29 is 19.1 Å². The van der Waals surface area contributed by atoms with Crippen LogP contribution in [0.1, 0.15) is 32.3 Å². The van der Waals surface area contributed by atoms with E-state index in [9.17, 15) is 9.59 Å². The molecule has 1 aliphatic heterocycles. The van der Waals surface area contributed by atoms with Crippen LogP contribution in [0.5, 0.6) is 0 Å². The van der Waals surface area contributed by atoms with Crippen molar-refractivity contribution in [1.82, 2.24) is 10.2 Å². The highest BCUT2D eigenvalue weighted by Crippen LogP contribution is 2.17. The number of piperidine rings is 1. The second-order valence-electron chi connectivity index (χ2n) is 6.33. The minimum Gasteiger partial charge on any atom is -0.447 e. The summed E-state index contributed by atoms with van der Waals surface area (Å²) >= 11 is 0. The summed E-state index contributed by atoms with van der Waals surface area (Å²) in [6.45, 7) is 5.74. The molecule has 1 saturated heterocycles. The molecule has 0 aromatic heterocycles. The van der Waals surface area contributed by atoms with Gasteiger partial charge in [0.1, 0.15) is 6.61 Å². The van der Waals surface area contributed by atoms with E-state index >= 15 is 0 Å². The Morgan fingerprint density at radius 3 is 2.75 bits per heavy atom. The molecule has 0 saturated carbocycles. The van der Waals surface area contributed by atoms with Crippen molar-refractivity contribution in [2.75, 3.05) is 19.6 Å². The quantitative estimate of drug-likeness (QED) is 0.898. The Hall–Kier alpha value is -2.24. The molecule has 0 spiro atoms. The van der Waals surface area contributed by atoms with E-state index in [4.69, 9.17) is 9.47 Å². The van der Waals surface area contributed by atoms with E-state index in [2.05, 4.69) is 5.32 Å². The maximum atomic E-state index is 11.9. The molecule has 6 nitrogen and oxygen atoms in total. The lowest BCUT2D eigenvalue weighted by atomic mass is 9.98. The summed E-state index contributed by atoms with van der Waals surface area (Å²) in [5.74, 6) is 0.225. The third kappa shape index (κ3) is 6.10. The lowest BCUT2D eigenvalue weighted by molar-refractivity contribution is 0.0623. The summed E-state index contributed by atoms with van der Waals surface area (Å²) in [6.07, 6.45) is 1.06. The normalized spacial score (nSPS) is 17.5. The maximum absolute atomic E-state index is 11.9. The smallest absolute Gasteiger partial charge is 0.410 e. The Balaban J connectivity index is 1.69. The van der Waals surface area contributed by atoms with Crippen LogP contribution < -0.4 is 5.32 Å². The summed E-state index contributed by atoms with van der Waals surface area (Å²) in [5, 5.41) is 2.78. The molecule has 132 valence electrons. The van der Waals surface area contributed by atoms with Crippen molar-refractivity contribution in [3.05, 3.63) is 35.9 Å². The van der Waals surface area contributed by atoms with Gasteiger partial charge in [-0.3, -0.25) is 0 Å². The number of carbonyl (C=O) groups is 2. The van der Waals surface area contributed by atoms with Crippen LogP contribution in [0.2, 0.25) is 0 Å². The first-order chi connectivity index (χ1) is 11.5. The van der Waals surface area contributed by atoms with Gasteiger partial charge in [-0.2, -0.15) is 0 Å². The van der Waals surface area contributed by atoms with Crippen molar-refractivity contribution in [3.8, 4) is 0 Å². The molecule has 1 fully saturated rings. The number of hydrogen-bond donors (Lipinski definition) is 1. The standard InChI is InChI=1S/C18H26N2O4/c1-14(2)24-18(22)20-10-6-9-16(12-20)11-19-17(21)23-13-15-7-4-3-5-8-15/h3-5,7-8,14,16H,6,9-13H2,1-2H3,(H,19,21). The molecule has 1 aromatic rings. The molecule has 0 aliphatic carbocycles. The summed E-state index contributed by atoms with van der Waals surface area (Å²) in [7, 11) is 0. The van der Waals surface area contributed by atoms with Gasteiger partial charge < -0.3 is 19.7 Å². The number of rotatable bonds is 5. The first-order valence-electron chi connectivity index (χ1n) is 8.44. The highest BCUT2D eigenvalue weighted by molar-refractivity contribution is 5.68. The van der Waals surface area contributed by atoms with Crippen LogP contribution in [0.3, 0.4) is 0 Å². The van der Waals surface area contributed by atoms with Gasteiger partial charge in [0.05, 0.1) is 6.10 Å². The molecule has 24 heavy (non-hydrogen) atoms. The van der Waals surface area contributed by atoms with Crippen molar-refractivity contribution >= 4 is 12.2 Å². The molecule has 1 N–H and O–H groups in total. The number of ether oxygens (including phenoxy) is 2. The Morgan fingerprint density at radius 2 is 2.04 bits per heavy atom. The Labute approximate surface area is 143 Å². The number of benzene rings is 1. The van der Waals surface area contributed by atoms with Gasteiger partial charge >= 0.3 is 12.2 Å². The van der Waals surface area contributed by atoms with Crippen molar-refractivity contribution in [2.24, 2.45) is 5.92 Å². The van der Waals surface area contributed by atoms with Crippen LogP contribution >= 0.6 is 0 Å².